The standard InChI is InChI=1S/C18H24N2Si.C10H12N2.C8H14OSi.H2S/c1-21(2,3)13-7-6-10-17-18-15(11-12-19-17)14-8-4-5-9-16(14)20-18;11-6-5-8-7-12-10-4-2-1-3-9(8)10;1-10(2,3)8-6-4-5-7-9;/h4-5,8-9,17,19-20H,6,10-12H2,1-3H3;1-4,7,12H,5-6,11H2;7H,4-5H2,1-3H3;1H2/t17-;;;/m0.../s1. The highest BCUT2D eigenvalue weighted by molar-refractivity contribution is 7.59. The fourth-order valence-corrected chi connectivity index (χ4v) is 6.32. The van der Waals surface area contributed by atoms with Crippen molar-refractivity contribution in [1.29, 1.82) is 0 Å². The third-order valence-electron chi connectivity index (χ3n) is 6.92. The van der Waals surface area contributed by atoms with E-state index >= 15 is 0 Å². The first-order valence-corrected chi connectivity index (χ1v) is 22.5. The van der Waals surface area contributed by atoms with Gasteiger partial charge >= 0.3 is 0 Å². The molecule has 0 spiro atoms. The number of benzene rings is 2. The van der Waals surface area contributed by atoms with Crippen LogP contribution in [0.25, 0.3) is 21.8 Å². The van der Waals surface area contributed by atoms with Crippen LogP contribution in [0.1, 0.15) is 48.5 Å². The summed E-state index contributed by atoms with van der Waals surface area (Å²) in [6.45, 7) is 15.3. The number of hydrogen-bond donors (Lipinski definition) is 4. The maximum atomic E-state index is 9.87. The monoisotopic (exact) mass is 644 g/mol. The average Bonchev–Trinajstić information content (AvgIpc) is 3.55. The van der Waals surface area contributed by atoms with Gasteiger partial charge in [-0.25, -0.2) is 0 Å². The second kappa shape index (κ2) is 18.1. The first-order valence-electron chi connectivity index (χ1n) is 15.5. The van der Waals surface area contributed by atoms with Crippen molar-refractivity contribution in [2.24, 2.45) is 5.73 Å². The molecule has 5 rings (SSSR count). The van der Waals surface area contributed by atoms with Crippen LogP contribution in [0.15, 0.2) is 54.7 Å². The molecule has 1 aliphatic rings. The van der Waals surface area contributed by atoms with E-state index in [1.807, 2.05) is 12.3 Å². The van der Waals surface area contributed by atoms with Crippen LogP contribution in [0.4, 0.5) is 0 Å². The normalized spacial score (nSPS) is 13.8. The van der Waals surface area contributed by atoms with Crippen molar-refractivity contribution in [1.82, 2.24) is 15.3 Å². The molecule has 0 saturated heterocycles. The fraction of sp³-hybridized carbons (Fsp3) is 0.417. The van der Waals surface area contributed by atoms with Crippen molar-refractivity contribution in [3.8, 4) is 22.9 Å². The molecule has 2 aromatic carbocycles. The summed E-state index contributed by atoms with van der Waals surface area (Å²) in [5, 5.41) is 6.34. The highest BCUT2D eigenvalue weighted by atomic mass is 32.1. The number of fused-ring (bicyclic) bond motifs is 4. The minimum Gasteiger partial charge on any atom is -0.361 e. The number of rotatable bonds is 6. The van der Waals surface area contributed by atoms with Gasteiger partial charge in [-0.05, 0) is 55.6 Å². The van der Waals surface area contributed by atoms with Gasteiger partial charge in [-0.15, -0.1) is 22.9 Å². The molecule has 0 amide bonds. The van der Waals surface area contributed by atoms with Gasteiger partial charge in [0.2, 0.25) is 0 Å². The van der Waals surface area contributed by atoms with Gasteiger partial charge in [0, 0.05) is 59.0 Å². The second-order valence-corrected chi connectivity index (χ2v) is 22.6. The van der Waals surface area contributed by atoms with Crippen LogP contribution in [0.3, 0.4) is 0 Å². The van der Waals surface area contributed by atoms with Crippen LogP contribution in [0, 0.1) is 22.9 Å². The molecule has 5 N–H and O–H groups in total. The van der Waals surface area contributed by atoms with E-state index in [1.165, 1.54) is 38.6 Å². The molecule has 3 heterocycles. The largest absolute Gasteiger partial charge is 0.361 e. The Hall–Kier alpha value is -2.99. The molecule has 1 aliphatic heterocycles. The van der Waals surface area contributed by atoms with Gasteiger partial charge in [0.25, 0.3) is 0 Å². The van der Waals surface area contributed by atoms with E-state index in [0.717, 1.165) is 44.9 Å². The van der Waals surface area contributed by atoms with E-state index in [-0.39, 0.29) is 13.5 Å². The Balaban J connectivity index is 0.000000251. The van der Waals surface area contributed by atoms with Crippen LogP contribution in [0.5, 0.6) is 0 Å². The van der Waals surface area contributed by atoms with Crippen LogP contribution >= 0.6 is 13.5 Å². The van der Waals surface area contributed by atoms with Crippen molar-refractivity contribution in [3.05, 3.63) is 71.5 Å². The maximum absolute atomic E-state index is 9.87. The number of unbranched alkanes of at least 4 members (excludes halogenated alkanes) is 1. The second-order valence-electron chi connectivity index (χ2n) is 13.1. The quantitative estimate of drug-likeness (QED) is 0.0753. The van der Waals surface area contributed by atoms with E-state index in [9.17, 15) is 4.79 Å². The molecule has 0 aliphatic carbocycles. The molecule has 8 heteroatoms. The summed E-state index contributed by atoms with van der Waals surface area (Å²) in [4.78, 5) is 16.7. The van der Waals surface area contributed by atoms with Crippen LogP contribution in [-0.4, -0.2) is 45.5 Å². The van der Waals surface area contributed by atoms with Crippen molar-refractivity contribution in [2.75, 3.05) is 13.1 Å². The Bertz CT molecular complexity index is 1590. The van der Waals surface area contributed by atoms with E-state index in [0.29, 0.717) is 19.0 Å². The topological polar surface area (TPSA) is 86.7 Å². The molecule has 0 saturated carbocycles. The third-order valence-corrected chi connectivity index (χ3v) is 8.77. The molecule has 4 aromatic rings. The minimum atomic E-state index is -1.23. The van der Waals surface area contributed by atoms with Crippen LogP contribution in [0.2, 0.25) is 39.3 Å². The zero-order valence-corrected chi connectivity index (χ0v) is 30.5. The molecular formula is C36H52N4OSSi2. The van der Waals surface area contributed by atoms with Crippen molar-refractivity contribution < 1.29 is 4.79 Å². The number of aromatic amines is 2. The zero-order chi connectivity index (χ0) is 31.3. The molecule has 0 radical (unpaired) electrons. The van der Waals surface area contributed by atoms with Gasteiger partial charge in [0.1, 0.15) is 22.4 Å². The summed E-state index contributed by atoms with van der Waals surface area (Å²) in [6, 6.07) is 17.4. The van der Waals surface area contributed by atoms with Crippen molar-refractivity contribution in [3.63, 3.8) is 0 Å². The summed E-state index contributed by atoms with van der Waals surface area (Å²) >= 11 is 0. The molecule has 0 unspecified atom stereocenters. The Morgan fingerprint density at radius 3 is 2.14 bits per heavy atom. The van der Waals surface area contributed by atoms with Gasteiger partial charge in [-0.1, -0.05) is 75.7 Å². The predicted molar refractivity (Wildman–Crippen MR) is 201 cm³/mol. The van der Waals surface area contributed by atoms with Gasteiger partial charge in [0.05, 0.1) is 0 Å². The molecule has 5 nitrogen and oxygen atoms in total. The summed E-state index contributed by atoms with van der Waals surface area (Å²) in [7, 11) is -2.42. The maximum Gasteiger partial charge on any atom is 0.129 e. The minimum absolute atomic E-state index is 0. The summed E-state index contributed by atoms with van der Waals surface area (Å²) in [5.74, 6) is 6.40. The molecule has 1 atom stereocenters. The summed E-state index contributed by atoms with van der Waals surface area (Å²) < 4.78 is 0. The van der Waals surface area contributed by atoms with E-state index in [4.69, 9.17) is 5.73 Å². The fourth-order valence-electron chi connectivity index (χ4n) is 5.00. The first-order chi connectivity index (χ1) is 20.5. The summed E-state index contributed by atoms with van der Waals surface area (Å²) in [6.07, 6.45) is 8.41. The highest BCUT2D eigenvalue weighted by Crippen LogP contribution is 2.31. The van der Waals surface area contributed by atoms with Gasteiger partial charge in [-0.3, -0.25) is 0 Å². The number of aromatic nitrogens is 2. The molecule has 2 aromatic heterocycles. The van der Waals surface area contributed by atoms with E-state index < -0.39 is 16.1 Å². The van der Waals surface area contributed by atoms with Gasteiger partial charge in [0.15, 0.2) is 0 Å². The Morgan fingerprint density at radius 1 is 0.886 bits per heavy atom. The Morgan fingerprint density at radius 2 is 1.50 bits per heavy atom. The Labute approximate surface area is 274 Å². The number of carbonyl (C=O) groups excluding carboxylic acids is 1. The number of carbonyl (C=O) groups is 1. The van der Waals surface area contributed by atoms with Crippen molar-refractivity contribution in [2.45, 2.75) is 83.8 Å². The number of nitrogens with one attached hydrogen (secondary N) is 3. The molecule has 0 fully saturated rings. The number of para-hydroxylation sites is 2. The van der Waals surface area contributed by atoms with Gasteiger partial charge in [-0.2, -0.15) is 13.5 Å². The third kappa shape index (κ3) is 12.2. The number of aldehydes is 1. The summed E-state index contributed by atoms with van der Waals surface area (Å²) in [5.41, 5.74) is 18.8. The van der Waals surface area contributed by atoms with Crippen LogP contribution < -0.4 is 11.1 Å². The predicted octanol–water partition coefficient (Wildman–Crippen LogP) is 7.64. The molecule has 236 valence electrons. The zero-order valence-electron chi connectivity index (χ0n) is 27.5. The van der Waals surface area contributed by atoms with Crippen molar-refractivity contribution >= 4 is 57.7 Å². The lowest BCUT2D eigenvalue weighted by atomic mass is 9.96. The van der Waals surface area contributed by atoms with E-state index in [2.05, 4.69) is 120 Å². The van der Waals surface area contributed by atoms with E-state index in [1.54, 1.807) is 0 Å². The first kappa shape index (κ1) is 37.2. The number of H-pyrrole nitrogens is 2. The lowest BCUT2D eigenvalue weighted by Gasteiger charge is -2.23. The lowest BCUT2D eigenvalue weighted by molar-refractivity contribution is -0.107. The molecule has 44 heavy (non-hydrogen) atoms. The number of hydrogen-bond acceptors (Lipinski definition) is 3. The highest BCUT2D eigenvalue weighted by Gasteiger charge is 2.23. The molecular weight excluding hydrogens is 593 g/mol. The number of nitrogens with two attached hydrogens (primary N) is 1. The molecule has 0 bridgehead atoms. The lowest BCUT2D eigenvalue weighted by Crippen LogP contribution is -2.29. The van der Waals surface area contributed by atoms with Crippen LogP contribution in [-0.2, 0) is 17.6 Å². The van der Waals surface area contributed by atoms with Gasteiger partial charge < -0.3 is 25.8 Å². The SMILES string of the molecule is C[Si](C)(C)C#CCCC=O.C[Si](C)(C)C#CCC[C@@H]1NCCc2c1[nH]c1ccccc21.NCCc1c[nH]c2ccccc12.S. The smallest absolute Gasteiger partial charge is 0.129 e. The Kier molecular flexibility index (Phi) is 15.3. The average molecular weight is 645 g/mol.